The predicted molar refractivity (Wildman–Crippen MR) is 46.8 cm³/mol. The molecule has 0 aromatic rings. The van der Waals surface area contributed by atoms with E-state index in [9.17, 15) is 19.8 Å². The van der Waals surface area contributed by atoms with Crippen molar-refractivity contribution in [3.05, 3.63) is 0 Å². The van der Waals surface area contributed by atoms with Crippen LogP contribution in [0.15, 0.2) is 0 Å². The van der Waals surface area contributed by atoms with Crippen LogP contribution < -0.4 is 10.2 Å². The molecule has 0 aromatic heterocycles. The number of rotatable bonds is 5. The van der Waals surface area contributed by atoms with Gasteiger partial charge in [0.15, 0.2) is 0 Å². The van der Waals surface area contributed by atoms with Crippen molar-refractivity contribution in [2.24, 2.45) is 11.3 Å². The lowest BCUT2D eigenvalue weighted by molar-refractivity contribution is -0.310. The molecule has 0 unspecified atom stereocenters. The van der Waals surface area contributed by atoms with Crippen LogP contribution in [0.25, 0.3) is 0 Å². The number of hydrogen-bond donors (Lipinski definition) is 0. The zero-order valence-electron chi connectivity index (χ0n) is 8.83. The Balaban J connectivity index is 4.26. The van der Waals surface area contributed by atoms with Gasteiger partial charge in [-0.05, 0) is 30.6 Å². The Bertz CT molecular complexity index is 215. The third-order valence-electron chi connectivity index (χ3n) is 2.33. The molecule has 0 spiro atoms. The van der Waals surface area contributed by atoms with Gasteiger partial charge in [-0.1, -0.05) is 20.8 Å². The summed E-state index contributed by atoms with van der Waals surface area (Å²) in [6.07, 6.45) is 0.117. The maximum Gasteiger partial charge on any atom is 0.0417 e. The molecule has 0 aromatic carbocycles. The molecular weight excluding hydrogens is 184 g/mol. The van der Waals surface area contributed by atoms with E-state index >= 15 is 0 Å². The van der Waals surface area contributed by atoms with Crippen molar-refractivity contribution in [1.82, 2.24) is 0 Å². The summed E-state index contributed by atoms with van der Waals surface area (Å²) in [7, 11) is 0. The van der Waals surface area contributed by atoms with Crippen LogP contribution in [0.1, 0.15) is 40.0 Å². The smallest absolute Gasteiger partial charge is 0.0417 e. The molecule has 0 radical (unpaired) electrons. The fourth-order valence-corrected chi connectivity index (χ4v) is 1.33. The summed E-state index contributed by atoms with van der Waals surface area (Å²) in [6, 6.07) is 0. The van der Waals surface area contributed by atoms with Crippen LogP contribution in [-0.4, -0.2) is 11.9 Å². The lowest BCUT2D eigenvalue weighted by Crippen LogP contribution is -2.32. The van der Waals surface area contributed by atoms with Crippen molar-refractivity contribution in [3.8, 4) is 0 Å². The van der Waals surface area contributed by atoms with E-state index in [4.69, 9.17) is 0 Å². The normalized spacial score (nSPS) is 13.6. The Kier molecular flexibility index (Phi) is 4.60. The maximum absolute atomic E-state index is 10.4. The fraction of sp³-hybridized carbons (Fsp3) is 0.800. The van der Waals surface area contributed by atoms with E-state index < -0.39 is 11.9 Å². The van der Waals surface area contributed by atoms with E-state index in [0.29, 0.717) is 6.42 Å². The summed E-state index contributed by atoms with van der Waals surface area (Å²) in [5.41, 5.74) is -0.227. The van der Waals surface area contributed by atoms with Gasteiger partial charge in [-0.3, -0.25) is 0 Å². The first-order chi connectivity index (χ1) is 6.23. The molecule has 14 heavy (non-hydrogen) atoms. The first kappa shape index (κ1) is 12.9. The van der Waals surface area contributed by atoms with Crippen molar-refractivity contribution < 1.29 is 19.8 Å². The van der Waals surface area contributed by atoms with Crippen molar-refractivity contribution in [2.75, 3.05) is 0 Å². The summed E-state index contributed by atoms with van der Waals surface area (Å²) in [5.74, 6) is -2.47. The molecule has 0 amide bonds. The second-order valence-corrected chi connectivity index (χ2v) is 4.55. The van der Waals surface area contributed by atoms with Gasteiger partial charge in [0.05, 0.1) is 0 Å². The Hall–Kier alpha value is -1.06. The molecule has 0 heterocycles. The second kappa shape index (κ2) is 4.98. The molecule has 82 valence electrons. The Morgan fingerprint density at radius 2 is 1.64 bits per heavy atom. The van der Waals surface area contributed by atoms with Gasteiger partial charge in [0.25, 0.3) is 0 Å². The monoisotopic (exact) mass is 200 g/mol. The summed E-state index contributed by atoms with van der Waals surface area (Å²) < 4.78 is 0. The number of carbonyl (C=O) groups excluding carboxylic acids is 2. The molecule has 0 aliphatic rings. The highest BCUT2D eigenvalue weighted by atomic mass is 16.4. The van der Waals surface area contributed by atoms with Crippen LogP contribution in [0.3, 0.4) is 0 Å². The van der Waals surface area contributed by atoms with Crippen LogP contribution in [-0.2, 0) is 9.59 Å². The molecule has 0 fully saturated rings. The van der Waals surface area contributed by atoms with Crippen LogP contribution in [0.5, 0.6) is 0 Å². The lowest BCUT2D eigenvalue weighted by atomic mass is 9.76. The molecule has 0 bridgehead atoms. The minimum absolute atomic E-state index is 0.100. The minimum atomic E-state index is -1.14. The Labute approximate surface area is 83.9 Å². The van der Waals surface area contributed by atoms with Gasteiger partial charge in [0, 0.05) is 11.9 Å². The highest BCUT2D eigenvalue weighted by Gasteiger charge is 2.24. The van der Waals surface area contributed by atoms with Gasteiger partial charge in [0.1, 0.15) is 0 Å². The first-order valence-electron chi connectivity index (χ1n) is 4.63. The van der Waals surface area contributed by atoms with Gasteiger partial charge >= 0.3 is 0 Å². The zero-order chi connectivity index (χ0) is 11.4. The minimum Gasteiger partial charge on any atom is -0.550 e. The third-order valence-corrected chi connectivity index (χ3v) is 2.33. The van der Waals surface area contributed by atoms with Gasteiger partial charge in [-0.25, -0.2) is 0 Å². The number of hydrogen-bond acceptors (Lipinski definition) is 4. The molecule has 0 aliphatic carbocycles. The zero-order valence-corrected chi connectivity index (χ0v) is 8.83. The Morgan fingerprint density at radius 3 is 1.93 bits per heavy atom. The van der Waals surface area contributed by atoms with E-state index in [1.165, 1.54) is 0 Å². The number of carboxylic acid groups (broad SMARTS) is 2. The standard InChI is InChI=1S/C10H18O4/c1-10(2,3)7(6-9(13)14)4-5-8(11)12/h7H,4-6H2,1-3H3,(H,11,12)(H,13,14)/p-2/t7-/m1/s1. The first-order valence-corrected chi connectivity index (χ1v) is 4.63. The Morgan fingerprint density at radius 1 is 1.14 bits per heavy atom. The van der Waals surface area contributed by atoms with E-state index in [1.807, 2.05) is 20.8 Å². The number of carbonyl (C=O) groups is 2. The molecule has 0 saturated heterocycles. The number of aliphatic carboxylic acids is 2. The summed E-state index contributed by atoms with van der Waals surface area (Å²) in [6.45, 7) is 5.65. The molecule has 1 atom stereocenters. The van der Waals surface area contributed by atoms with E-state index in [0.717, 1.165) is 0 Å². The molecule has 0 rings (SSSR count). The predicted octanol–water partition coefficient (Wildman–Crippen LogP) is -0.681. The van der Waals surface area contributed by atoms with Gasteiger partial charge in [-0.2, -0.15) is 0 Å². The van der Waals surface area contributed by atoms with E-state index in [2.05, 4.69) is 0 Å². The van der Waals surface area contributed by atoms with Crippen LogP contribution in [0.4, 0.5) is 0 Å². The highest BCUT2D eigenvalue weighted by molar-refractivity contribution is 5.66. The molecule has 0 aliphatic heterocycles. The van der Waals surface area contributed by atoms with Crippen molar-refractivity contribution in [2.45, 2.75) is 40.0 Å². The van der Waals surface area contributed by atoms with Crippen LogP contribution in [0.2, 0.25) is 0 Å². The van der Waals surface area contributed by atoms with Gasteiger partial charge in [0.2, 0.25) is 0 Å². The fourth-order valence-electron chi connectivity index (χ4n) is 1.33. The summed E-state index contributed by atoms with van der Waals surface area (Å²) in [5, 5.41) is 20.7. The quantitative estimate of drug-likeness (QED) is 0.588. The number of carboxylic acids is 2. The largest absolute Gasteiger partial charge is 0.550 e. The average molecular weight is 200 g/mol. The average Bonchev–Trinajstić information content (AvgIpc) is 1.94. The highest BCUT2D eigenvalue weighted by Crippen LogP contribution is 2.31. The third kappa shape index (κ3) is 5.56. The van der Waals surface area contributed by atoms with Crippen molar-refractivity contribution in [1.29, 1.82) is 0 Å². The molecular formula is C10H16O4-2. The van der Waals surface area contributed by atoms with Gasteiger partial charge in [-0.15, -0.1) is 0 Å². The van der Waals surface area contributed by atoms with E-state index in [-0.39, 0.29) is 24.2 Å². The second-order valence-electron chi connectivity index (χ2n) is 4.55. The summed E-state index contributed by atoms with van der Waals surface area (Å²) >= 11 is 0. The summed E-state index contributed by atoms with van der Waals surface area (Å²) in [4.78, 5) is 20.7. The van der Waals surface area contributed by atoms with Crippen molar-refractivity contribution in [3.63, 3.8) is 0 Å². The molecule has 0 saturated carbocycles. The van der Waals surface area contributed by atoms with Crippen LogP contribution >= 0.6 is 0 Å². The topological polar surface area (TPSA) is 80.3 Å². The van der Waals surface area contributed by atoms with E-state index in [1.54, 1.807) is 0 Å². The molecule has 0 N–H and O–H groups in total. The molecule has 4 heteroatoms. The maximum atomic E-state index is 10.4. The molecule has 4 nitrogen and oxygen atoms in total. The SMILES string of the molecule is CC(C)(C)[C@H](CCC(=O)[O-])CC(=O)[O-]. The lowest BCUT2D eigenvalue weighted by Gasteiger charge is -2.31. The van der Waals surface area contributed by atoms with Crippen LogP contribution in [0, 0.1) is 11.3 Å². The van der Waals surface area contributed by atoms with Gasteiger partial charge < -0.3 is 19.8 Å². The van der Waals surface area contributed by atoms with Crippen molar-refractivity contribution >= 4 is 11.9 Å².